The van der Waals surface area contributed by atoms with Gasteiger partial charge in [-0.05, 0) is 19.1 Å². The zero-order chi connectivity index (χ0) is 19.1. The molecule has 0 saturated carbocycles. The number of aromatic nitrogens is 4. The SMILES string of the molecule is C[C@@H](Oc1ncc(-c2cc3c(C(F)F)ncn3cn2)cc1F)C(F)(F)F. The highest BCUT2D eigenvalue weighted by Crippen LogP contribution is 2.29. The molecule has 3 aromatic rings. The standard InChI is InChI=1S/C15H10F6N4O/c1-7(15(19,20)21)26-14-9(16)2-8(4-22-14)10-3-11-12(13(17)18)24-6-25(11)5-23-10/h2-7,13H,1H3/t7-/m1/s1. The van der Waals surface area contributed by atoms with E-state index in [9.17, 15) is 26.3 Å². The predicted molar refractivity (Wildman–Crippen MR) is 77.3 cm³/mol. The van der Waals surface area contributed by atoms with Gasteiger partial charge in [-0.15, -0.1) is 0 Å². The van der Waals surface area contributed by atoms with Crippen LogP contribution < -0.4 is 4.74 Å². The van der Waals surface area contributed by atoms with Crippen molar-refractivity contribution in [2.45, 2.75) is 25.6 Å². The second kappa shape index (κ2) is 6.46. The van der Waals surface area contributed by atoms with Gasteiger partial charge >= 0.3 is 6.18 Å². The molecule has 1 atom stereocenters. The Balaban J connectivity index is 1.94. The number of imidazole rings is 1. The van der Waals surface area contributed by atoms with Gasteiger partial charge in [0.1, 0.15) is 18.3 Å². The van der Waals surface area contributed by atoms with Crippen molar-refractivity contribution >= 4 is 5.52 Å². The van der Waals surface area contributed by atoms with Gasteiger partial charge < -0.3 is 4.74 Å². The van der Waals surface area contributed by atoms with Gasteiger partial charge in [0.2, 0.25) is 0 Å². The third-order valence-electron chi connectivity index (χ3n) is 3.52. The van der Waals surface area contributed by atoms with Crippen LogP contribution in [0.3, 0.4) is 0 Å². The molecule has 0 aliphatic heterocycles. The van der Waals surface area contributed by atoms with Crippen LogP contribution in [0.5, 0.6) is 5.88 Å². The van der Waals surface area contributed by atoms with Crippen LogP contribution in [0.4, 0.5) is 26.3 Å². The van der Waals surface area contributed by atoms with Gasteiger partial charge in [0.15, 0.2) is 11.9 Å². The summed E-state index contributed by atoms with van der Waals surface area (Å²) in [4.78, 5) is 11.1. The molecule has 0 spiro atoms. The van der Waals surface area contributed by atoms with E-state index in [-0.39, 0.29) is 16.8 Å². The molecule has 0 amide bonds. The molecule has 11 heteroatoms. The molecule has 5 nitrogen and oxygen atoms in total. The first-order chi connectivity index (χ1) is 12.2. The summed E-state index contributed by atoms with van der Waals surface area (Å²) in [6, 6.07) is 2.12. The second-order valence-corrected chi connectivity index (χ2v) is 5.31. The topological polar surface area (TPSA) is 52.3 Å². The summed E-state index contributed by atoms with van der Waals surface area (Å²) in [5.74, 6) is -1.96. The highest BCUT2D eigenvalue weighted by molar-refractivity contribution is 5.66. The van der Waals surface area contributed by atoms with E-state index in [2.05, 4.69) is 19.7 Å². The lowest BCUT2D eigenvalue weighted by Gasteiger charge is -2.17. The maximum absolute atomic E-state index is 14.0. The highest BCUT2D eigenvalue weighted by Gasteiger charge is 2.38. The molecule has 26 heavy (non-hydrogen) atoms. The molecular weight excluding hydrogens is 366 g/mol. The smallest absolute Gasteiger partial charge is 0.425 e. The zero-order valence-electron chi connectivity index (χ0n) is 13.0. The fourth-order valence-electron chi connectivity index (χ4n) is 2.13. The monoisotopic (exact) mass is 376 g/mol. The molecule has 0 aliphatic rings. The predicted octanol–water partition coefficient (Wildman–Crippen LogP) is 4.20. The molecule has 0 radical (unpaired) electrons. The minimum Gasteiger partial charge on any atom is -0.463 e. The van der Waals surface area contributed by atoms with Crippen LogP contribution in [0.2, 0.25) is 0 Å². The Morgan fingerprint density at radius 3 is 2.38 bits per heavy atom. The Hall–Kier alpha value is -2.85. The molecule has 0 fully saturated rings. The van der Waals surface area contributed by atoms with E-state index in [1.165, 1.54) is 16.8 Å². The quantitative estimate of drug-likeness (QED) is 0.641. The summed E-state index contributed by atoms with van der Waals surface area (Å²) >= 11 is 0. The largest absolute Gasteiger partial charge is 0.463 e. The fraction of sp³-hybridized carbons (Fsp3) is 0.267. The van der Waals surface area contributed by atoms with Crippen LogP contribution in [0.1, 0.15) is 19.0 Å². The van der Waals surface area contributed by atoms with Gasteiger partial charge in [0.05, 0.1) is 11.2 Å². The summed E-state index contributed by atoms with van der Waals surface area (Å²) < 4.78 is 83.0. The van der Waals surface area contributed by atoms with Crippen LogP contribution >= 0.6 is 0 Å². The molecule has 0 aliphatic carbocycles. The number of hydrogen-bond acceptors (Lipinski definition) is 4. The van der Waals surface area contributed by atoms with Gasteiger partial charge in [0.25, 0.3) is 12.3 Å². The number of alkyl halides is 5. The number of nitrogens with zero attached hydrogens (tertiary/aromatic N) is 4. The summed E-state index contributed by atoms with van der Waals surface area (Å²) in [6.07, 6.45) is -6.33. The van der Waals surface area contributed by atoms with Gasteiger partial charge in [0, 0.05) is 11.8 Å². The van der Waals surface area contributed by atoms with E-state index in [0.29, 0.717) is 0 Å². The van der Waals surface area contributed by atoms with Crippen LogP contribution in [-0.4, -0.2) is 31.6 Å². The van der Waals surface area contributed by atoms with Crippen molar-refractivity contribution in [3.8, 4) is 17.1 Å². The Bertz CT molecular complexity index is 940. The van der Waals surface area contributed by atoms with E-state index in [1.807, 2.05) is 0 Å². The molecule has 3 aromatic heterocycles. The lowest BCUT2D eigenvalue weighted by atomic mass is 10.2. The Kier molecular flexibility index (Phi) is 4.46. The minimum absolute atomic E-state index is 0.0661. The van der Waals surface area contributed by atoms with Crippen molar-refractivity contribution in [1.82, 2.24) is 19.4 Å². The maximum Gasteiger partial charge on any atom is 0.425 e. The van der Waals surface area contributed by atoms with Crippen molar-refractivity contribution in [3.05, 3.63) is 42.5 Å². The third kappa shape index (κ3) is 3.41. The van der Waals surface area contributed by atoms with Crippen molar-refractivity contribution in [2.24, 2.45) is 0 Å². The zero-order valence-corrected chi connectivity index (χ0v) is 13.0. The third-order valence-corrected chi connectivity index (χ3v) is 3.52. The lowest BCUT2D eigenvalue weighted by Crippen LogP contribution is -2.31. The first kappa shape index (κ1) is 18.0. The number of ether oxygens (including phenoxy) is 1. The highest BCUT2D eigenvalue weighted by atomic mass is 19.4. The van der Waals surface area contributed by atoms with E-state index < -0.39 is 36.1 Å². The Labute approximate surface area is 142 Å². The van der Waals surface area contributed by atoms with Crippen LogP contribution in [0.25, 0.3) is 16.8 Å². The molecular formula is C15H10F6N4O. The lowest BCUT2D eigenvalue weighted by molar-refractivity contribution is -0.190. The Morgan fingerprint density at radius 2 is 1.77 bits per heavy atom. The van der Waals surface area contributed by atoms with E-state index in [0.717, 1.165) is 25.5 Å². The van der Waals surface area contributed by atoms with Crippen molar-refractivity contribution in [3.63, 3.8) is 0 Å². The number of hydrogen-bond donors (Lipinski definition) is 0. The van der Waals surface area contributed by atoms with Crippen LogP contribution in [-0.2, 0) is 0 Å². The molecule has 0 N–H and O–H groups in total. The molecule has 0 unspecified atom stereocenters. The van der Waals surface area contributed by atoms with E-state index in [4.69, 9.17) is 0 Å². The number of rotatable bonds is 4. The van der Waals surface area contributed by atoms with E-state index in [1.54, 1.807) is 0 Å². The summed E-state index contributed by atoms with van der Waals surface area (Å²) in [5.41, 5.74) is -0.224. The summed E-state index contributed by atoms with van der Waals surface area (Å²) in [7, 11) is 0. The molecule has 3 heterocycles. The van der Waals surface area contributed by atoms with Crippen LogP contribution in [0.15, 0.2) is 31.0 Å². The number of fused-ring (bicyclic) bond motifs is 1. The maximum atomic E-state index is 14.0. The average molecular weight is 376 g/mol. The summed E-state index contributed by atoms with van der Waals surface area (Å²) in [5, 5.41) is 0. The van der Waals surface area contributed by atoms with Gasteiger partial charge in [-0.2, -0.15) is 13.2 Å². The molecule has 138 valence electrons. The second-order valence-electron chi connectivity index (χ2n) is 5.31. The van der Waals surface area contributed by atoms with E-state index >= 15 is 0 Å². The van der Waals surface area contributed by atoms with Gasteiger partial charge in [-0.25, -0.2) is 28.1 Å². The van der Waals surface area contributed by atoms with Crippen molar-refractivity contribution in [2.75, 3.05) is 0 Å². The van der Waals surface area contributed by atoms with Gasteiger partial charge in [-0.1, -0.05) is 0 Å². The molecule has 0 bridgehead atoms. The molecule has 0 saturated heterocycles. The first-order valence-electron chi connectivity index (χ1n) is 7.17. The average Bonchev–Trinajstić information content (AvgIpc) is 2.99. The molecule has 0 aromatic carbocycles. The van der Waals surface area contributed by atoms with Crippen molar-refractivity contribution in [1.29, 1.82) is 0 Å². The summed E-state index contributed by atoms with van der Waals surface area (Å²) in [6.45, 7) is 0.718. The first-order valence-corrected chi connectivity index (χ1v) is 7.17. The van der Waals surface area contributed by atoms with Crippen molar-refractivity contribution < 1.29 is 31.1 Å². The molecule has 3 rings (SSSR count). The Morgan fingerprint density at radius 1 is 1.08 bits per heavy atom. The minimum atomic E-state index is -4.67. The van der Waals surface area contributed by atoms with Crippen LogP contribution in [0, 0.1) is 5.82 Å². The number of pyridine rings is 1. The fourth-order valence-corrected chi connectivity index (χ4v) is 2.13. The normalized spacial score (nSPS) is 13.4. The van der Waals surface area contributed by atoms with Gasteiger partial charge in [-0.3, -0.25) is 4.40 Å². The number of halogens is 6.